The molecule has 38 heavy (non-hydrogen) atoms. The van der Waals surface area contributed by atoms with Crippen molar-refractivity contribution in [1.82, 2.24) is 20.5 Å². The predicted molar refractivity (Wildman–Crippen MR) is 150 cm³/mol. The van der Waals surface area contributed by atoms with Gasteiger partial charge in [0, 0.05) is 42.7 Å². The number of rotatable bonds is 8. The number of amides is 1. The number of nitrogens with one attached hydrogen (secondary N) is 2. The lowest BCUT2D eigenvalue weighted by Gasteiger charge is -2.36. The van der Waals surface area contributed by atoms with Crippen molar-refractivity contribution in [2.75, 3.05) is 26.2 Å². The molecule has 2 atom stereocenters. The highest BCUT2D eigenvalue weighted by Gasteiger charge is 2.30. The van der Waals surface area contributed by atoms with Crippen molar-refractivity contribution in [2.24, 2.45) is 5.92 Å². The maximum atomic E-state index is 14.2. The van der Waals surface area contributed by atoms with Gasteiger partial charge < -0.3 is 15.7 Å². The molecule has 0 radical (unpaired) electrons. The van der Waals surface area contributed by atoms with E-state index in [9.17, 15) is 14.7 Å². The second-order valence-corrected chi connectivity index (χ2v) is 10.8. The predicted octanol–water partition coefficient (Wildman–Crippen LogP) is 4.50. The van der Waals surface area contributed by atoms with Crippen LogP contribution in [0.3, 0.4) is 0 Å². The fraction of sp³-hybridized carbons (Fsp3) is 0.452. The monoisotopic (exact) mass is 514 g/mol. The molecule has 1 amide bonds. The molecule has 3 aromatic rings. The van der Waals surface area contributed by atoms with Crippen molar-refractivity contribution >= 4 is 22.8 Å². The van der Waals surface area contributed by atoms with Gasteiger partial charge >= 0.3 is 5.97 Å². The van der Waals surface area contributed by atoms with Gasteiger partial charge in [-0.25, -0.2) is 4.98 Å². The van der Waals surface area contributed by atoms with Gasteiger partial charge in [0.1, 0.15) is 0 Å². The summed E-state index contributed by atoms with van der Waals surface area (Å²) in [5, 5.41) is 17.2. The second kappa shape index (κ2) is 12.0. The SMILES string of the molecule is C[C@H](NC(=O)c1c(CC2CNCCN2CC(=O)O)c(-c2ccccc2)nc2ccccc12)C1CCCCC1. The van der Waals surface area contributed by atoms with Gasteiger partial charge in [-0.1, -0.05) is 67.8 Å². The van der Waals surface area contributed by atoms with Crippen LogP contribution < -0.4 is 10.6 Å². The fourth-order valence-corrected chi connectivity index (χ4v) is 6.20. The highest BCUT2D eigenvalue weighted by Crippen LogP contribution is 2.33. The van der Waals surface area contributed by atoms with E-state index in [-0.39, 0.29) is 24.5 Å². The van der Waals surface area contributed by atoms with Crippen molar-refractivity contribution < 1.29 is 14.7 Å². The van der Waals surface area contributed by atoms with Gasteiger partial charge in [0.15, 0.2) is 0 Å². The first kappa shape index (κ1) is 26.3. The van der Waals surface area contributed by atoms with Crippen LogP contribution in [0.25, 0.3) is 22.2 Å². The zero-order chi connectivity index (χ0) is 26.5. The van der Waals surface area contributed by atoms with Gasteiger partial charge in [0.05, 0.1) is 23.3 Å². The van der Waals surface area contributed by atoms with Crippen LogP contribution >= 0.6 is 0 Å². The summed E-state index contributed by atoms with van der Waals surface area (Å²) in [6, 6.07) is 17.9. The molecule has 0 bridgehead atoms. The van der Waals surface area contributed by atoms with E-state index in [4.69, 9.17) is 4.98 Å². The molecule has 200 valence electrons. The first-order chi connectivity index (χ1) is 18.5. The third-order valence-corrected chi connectivity index (χ3v) is 8.23. The first-order valence-electron chi connectivity index (χ1n) is 14.0. The molecule has 2 aliphatic rings. The number of carbonyl (C=O) groups is 2. The molecule has 2 heterocycles. The lowest BCUT2D eigenvalue weighted by molar-refractivity contribution is -0.139. The van der Waals surface area contributed by atoms with Crippen LogP contribution in [-0.4, -0.2) is 65.1 Å². The summed E-state index contributed by atoms with van der Waals surface area (Å²) >= 11 is 0. The van der Waals surface area contributed by atoms with Crippen LogP contribution in [0.2, 0.25) is 0 Å². The molecule has 7 heteroatoms. The summed E-state index contributed by atoms with van der Waals surface area (Å²) in [6.45, 7) is 4.17. The number of hydrogen-bond donors (Lipinski definition) is 3. The minimum Gasteiger partial charge on any atom is -0.480 e. The van der Waals surface area contributed by atoms with E-state index in [1.54, 1.807) is 0 Å². The third kappa shape index (κ3) is 5.89. The maximum absolute atomic E-state index is 14.2. The van der Waals surface area contributed by atoms with Crippen molar-refractivity contribution in [3.05, 3.63) is 65.7 Å². The molecule has 0 spiro atoms. The molecule has 1 saturated carbocycles. The summed E-state index contributed by atoms with van der Waals surface area (Å²) in [6.07, 6.45) is 6.56. The number of benzene rings is 2. The molecule has 1 aliphatic carbocycles. The standard InChI is InChI=1S/C31H38N4O3/c1-21(22-10-4-2-5-11-22)33-31(38)29-25-14-8-9-15-27(25)34-30(23-12-6-3-7-13-23)26(29)18-24-19-32-16-17-35(24)20-28(36)37/h3,6-9,12-15,21-22,24,32H,2,4-5,10-11,16-20H2,1H3,(H,33,38)(H,36,37)/t21-,24?/m0/s1. The molecular formula is C31H38N4O3. The summed E-state index contributed by atoms with van der Waals surface area (Å²) in [7, 11) is 0. The van der Waals surface area contributed by atoms with E-state index in [1.165, 1.54) is 19.3 Å². The van der Waals surface area contributed by atoms with Crippen molar-refractivity contribution in [2.45, 2.75) is 57.5 Å². The molecule has 3 N–H and O–H groups in total. The molecule has 2 aromatic carbocycles. The van der Waals surface area contributed by atoms with E-state index in [0.717, 1.165) is 47.1 Å². The van der Waals surface area contributed by atoms with E-state index in [1.807, 2.05) is 59.5 Å². The smallest absolute Gasteiger partial charge is 0.317 e. The average molecular weight is 515 g/mol. The summed E-state index contributed by atoms with van der Waals surface area (Å²) in [4.78, 5) is 32.9. The number of aliphatic carboxylic acids is 1. The Kier molecular flexibility index (Phi) is 8.35. The lowest BCUT2D eigenvalue weighted by atomic mass is 9.84. The largest absolute Gasteiger partial charge is 0.480 e. The number of carbonyl (C=O) groups excluding carboxylic acids is 1. The normalized spacial score (nSPS) is 19.8. The Hall–Kier alpha value is -3.29. The Labute approximate surface area is 224 Å². The van der Waals surface area contributed by atoms with Gasteiger partial charge in [-0.3, -0.25) is 14.5 Å². The number of para-hydroxylation sites is 1. The Morgan fingerprint density at radius 1 is 1.08 bits per heavy atom. The van der Waals surface area contributed by atoms with Gasteiger partial charge in [-0.2, -0.15) is 0 Å². The number of aromatic nitrogens is 1. The highest BCUT2D eigenvalue weighted by molar-refractivity contribution is 6.09. The number of carboxylic acids is 1. The Balaban J connectivity index is 1.61. The molecule has 2 fully saturated rings. The molecule has 7 nitrogen and oxygen atoms in total. The van der Waals surface area contributed by atoms with Crippen LogP contribution in [0.4, 0.5) is 0 Å². The number of pyridine rings is 1. The van der Waals surface area contributed by atoms with Gasteiger partial charge in [0.25, 0.3) is 5.91 Å². The van der Waals surface area contributed by atoms with Gasteiger partial charge in [-0.05, 0) is 43.7 Å². The number of hydrogen-bond acceptors (Lipinski definition) is 5. The van der Waals surface area contributed by atoms with E-state index >= 15 is 0 Å². The first-order valence-corrected chi connectivity index (χ1v) is 14.0. The van der Waals surface area contributed by atoms with Crippen molar-refractivity contribution in [3.63, 3.8) is 0 Å². The zero-order valence-electron chi connectivity index (χ0n) is 22.2. The number of fused-ring (bicyclic) bond motifs is 1. The summed E-state index contributed by atoms with van der Waals surface area (Å²) in [5.41, 5.74) is 4.08. The number of nitrogens with zero attached hydrogens (tertiary/aromatic N) is 2. The van der Waals surface area contributed by atoms with E-state index < -0.39 is 5.97 Å². The zero-order valence-corrected chi connectivity index (χ0v) is 22.2. The average Bonchev–Trinajstić information content (AvgIpc) is 2.94. The minimum absolute atomic E-state index is 0.0196. The van der Waals surface area contributed by atoms with Crippen LogP contribution in [0.15, 0.2) is 54.6 Å². The maximum Gasteiger partial charge on any atom is 0.317 e. The Bertz CT molecular complexity index is 1270. The quantitative estimate of drug-likeness (QED) is 0.410. The highest BCUT2D eigenvalue weighted by atomic mass is 16.4. The molecule has 1 saturated heterocycles. The van der Waals surface area contributed by atoms with Gasteiger partial charge in [-0.15, -0.1) is 0 Å². The van der Waals surface area contributed by atoms with E-state index in [2.05, 4.69) is 17.6 Å². The molecule has 5 rings (SSSR count). The van der Waals surface area contributed by atoms with E-state index in [0.29, 0.717) is 31.0 Å². The second-order valence-electron chi connectivity index (χ2n) is 10.8. The topological polar surface area (TPSA) is 94.6 Å². The van der Waals surface area contributed by atoms with Crippen LogP contribution in [0, 0.1) is 5.92 Å². The molecule has 1 aromatic heterocycles. The fourth-order valence-electron chi connectivity index (χ4n) is 6.20. The molecule has 1 aliphatic heterocycles. The number of piperazine rings is 1. The number of carboxylic acid groups (broad SMARTS) is 1. The van der Waals surface area contributed by atoms with Crippen LogP contribution in [-0.2, 0) is 11.2 Å². The third-order valence-electron chi connectivity index (χ3n) is 8.23. The summed E-state index contributed by atoms with van der Waals surface area (Å²) in [5.74, 6) is -0.412. The van der Waals surface area contributed by atoms with Gasteiger partial charge in [0.2, 0.25) is 0 Å². The van der Waals surface area contributed by atoms with Crippen molar-refractivity contribution in [3.8, 4) is 11.3 Å². The van der Waals surface area contributed by atoms with Crippen LogP contribution in [0.1, 0.15) is 54.9 Å². The Morgan fingerprint density at radius 2 is 1.82 bits per heavy atom. The lowest BCUT2D eigenvalue weighted by Crippen LogP contribution is -2.53. The molecule has 1 unspecified atom stereocenters. The Morgan fingerprint density at radius 3 is 2.58 bits per heavy atom. The van der Waals surface area contributed by atoms with Crippen molar-refractivity contribution in [1.29, 1.82) is 0 Å². The summed E-state index contributed by atoms with van der Waals surface area (Å²) < 4.78 is 0. The van der Waals surface area contributed by atoms with Crippen LogP contribution in [0.5, 0.6) is 0 Å². The molecular weight excluding hydrogens is 476 g/mol. The minimum atomic E-state index is -0.837.